The van der Waals surface area contributed by atoms with Gasteiger partial charge in [0.1, 0.15) is 17.5 Å². The predicted molar refractivity (Wildman–Crippen MR) is 151 cm³/mol. The lowest BCUT2D eigenvalue weighted by atomic mass is 9.83. The van der Waals surface area contributed by atoms with Crippen molar-refractivity contribution in [2.75, 3.05) is 38.3 Å². The first-order chi connectivity index (χ1) is 18.9. The number of amides is 3. The molecule has 0 saturated carbocycles. The Morgan fingerprint density at radius 3 is 2.38 bits per heavy atom. The van der Waals surface area contributed by atoms with E-state index in [1.807, 2.05) is 12.1 Å². The molecule has 3 aliphatic heterocycles. The molecule has 4 heterocycles. The molecule has 12 heteroatoms. The summed E-state index contributed by atoms with van der Waals surface area (Å²) in [5.74, 6) is -1.36. The van der Waals surface area contributed by atoms with Gasteiger partial charge in [0, 0.05) is 28.4 Å². The third-order valence-electron chi connectivity index (χ3n) is 7.27. The Hall–Kier alpha value is -2.93. The van der Waals surface area contributed by atoms with E-state index in [0.717, 1.165) is 21.4 Å². The Morgan fingerprint density at radius 1 is 1.03 bits per heavy atom. The molecule has 9 nitrogen and oxygen atoms in total. The van der Waals surface area contributed by atoms with Crippen molar-refractivity contribution >= 4 is 62.4 Å². The predicted octanol–water partition coefficient (Wildman–Crippen LogP) is 3.34. The highest BCUT2D eigenvalue weighted by Gasteiger charge is 2.56. The summed E-state index contributed by atoms with van der Waals surface area (Å²) in [5.41, 5.74) is 1.30. The van der Waals surface area contributed by atoms with Crippen LogP contribution in [0.4, 0.5) is 5.69 Å². The van der Waals surface area contributed by atoms with E-state index in [1.54, 1.807) is 48.4 Å². The standard InChI is InChI=1S/C27H24BrN3O6S2/c1-36-18-8-2-15(3-9-18)20-21-22(25(34)31(24(21)33)17-6-4-16(28)5-7-17)38-26-23(20)39-27(35)30(26)14-19(32)29-10-12-37-13-11-29/h2-9,20-22H,10-14H2,1H3/t20-,21-,22+/m0/s1. The maximum atomic E-state index is 13.9. The van der Waals surface area contributed by atoms with Gasteiger partial charge in [0.25, 0.3) is 0 Å². The lowest BCUT2D eigenvalue weighted by molar-refractivity contribution is -0.136. The van der Waals surface area contributed by atoms with E-state index in [9.17, 15) is 19.2 Å². The molecule has 2 fully saturated rings. The first-order valence-corrected chi connectivity index (χ1v) is 14.9. The fraction of sp³-hybridized carbons (Fsp3) is 0.333. The van der Waals surface area contributed by atoms with E-state index in [-0.39, 0.29) is 29.1 Å². The second-order valence-corrected chi connectivity index (χ2v) is 12.5. The van der Waals surface area contributed by atoms with Crippen LogP contribution in [0.5, 0.6) is 5.75 Å². The number of thioether (sulfide) groups is 1. The fourth-order valence-corrected chi connectivity index (χ4v) is 8.36. The van der Waals surface area contributed by atoms with Crippen LogP contribution in [0, 0.1) is 5.92 Å². The lowest BCUT2D eigenvalue weighted by Crippen LogP contribution is -2.43. The molecule has 1 aromatic heterocycles. The fourth-order valence-electron chi connectivity index (χ4n) is 5.32. The Balaban J connectivity index is 1.43. The van der Waals surface area contributed by atoms with E-state index in [1.165, 1.54) is 21.2 Å². The number of imide groups is 1. The summed E-state index contributed by atoms with van der Waals surface area (Å²) in [6.45, 7) is 1.75. The van der Waals surface area contributed by atoms with E-state index in [4.69, 9.17) is 9.47 Å². The van der Waals surface area contributed by atoms with Crippen LogP contribution in [0.3, 0.4) is 0 Å². The zero-order valence-electron chi connectivity index (χ0n) is 20.9. The maximum absolute atomic E-state index is 13.9. The summed E-state index contributed by atoms with van der Waals surface area (Å²) in [5, 5.41) is -0.160. The highest BCUT2D eigenvalue weighted by molar-refractivity contribution is 9.10. The summed E-state index contributed by atoms with van der Waals surface area (Å²) >= 11 is 5.66. The van der Waals surface area contributed by atoms with Crippen LogP contribution in [-0.4, -0.2) is 65.9 Å². The molecule has 39 heavy (non-hydrogen) atoms. The number of morpholine rings is 1. The van der Waals surface area contributed by atoms with Crippen LogP contribution in [0.1, 0.15) is 16.4 Å². The molecule has 3 amide bonds. The number of anilines is 1. The number of thiazole rings is 1. The summed E-state index contributed by atoms with van der Waals surface area (Å²) in [6.07, 6.45) is 0. The van der Waals surface area contributed by atoms with Gasteiger partial charge in [0.05, 0.1) is 37.0 Å². The van der Waals surface area contributed by atoms with Crippen LogP contribution in [0.15, 0.2) is 62.8 Å². The van der Waals surface area contributed by atoms with E-state index >= 15 is 0 Å². The number of nitrogens with zero attached hydrogens (tertiary/aromatic N) is 3. The Labute approximate surface area is 240 Å². The zero-order valence-corrected chi connectivity index (χ0v) is 24.1. The second-order valence-electron chi connectivity index (χ2n) is 9.42. The highest BCUT2D eigenvalue weighted by atomic mass is 79.9. The maximum Gasteiger partial charge on any atom is 0.308 e. The number of ether oxygens (including phenoxy) is 2. The largest absolute Gasteiger partial charge is 0.497 e. The SMILES string of the molecule is COc1ccc([C@@H]2c3sc(=O)n(CC(=O)N4CCOCC4)c3S[C@H]3C(=O)N(c4ccc(Br)cc4)C(=O)[C@@H]23)cc1. The molecule has 6 rings (SSSR count). The summed E-state index contributed by atoms with van der Waals surface area (Å²) in [4.78, 5) is 57.4. The average molecular weight is 631 g/mol. The molecule has 0 bridgehead atoms. The molecular formula is C27H24BrN3O6S2. The minimum atomic E-state index is -0.737. The van der Waals surface area contributed by atoms with Crippen molar-refractivity contribution in [2.45, 2.75) is 22.7 Å². The molecule has 3 aromatic rings. The monoisotopic (exact) mass is 629 g/mol. The number of carbonyl (C=O) groups is 3. The van der Waals surface area contributed by atoms with Crippen molar-refractivity contribution in [2.24, 2.45) is 5.92 Å². The Kier molecular flexibility index (Phi) is 7.13. The number of carbonyl (C=O) groups excluding carboxylic acids is 3. The minimum Gasteiger partial charge on any atom is -0.497 e. The van der Waals surface area contributed by atoms with Crippen LogP contribution in [0.25, 0.3) is 0 Å². The molecule has 0 N–H and O–H groups in total. The normalized spacial score (nSPS) is 22.6. The number of hydrogen-bond acceptors (Lipinski definition) is 8. The number of halogens is 1. The van der Waals surface area contributed by atoms with Gasteiger partial charge >= 0.3 is 4.87 Å². The van der Waals surface area contributed by atoms with Gasteiger partial charge < -0.3 is 14.4 Å². The summed E-state index contributed by atoms with van der Waals surface area (Å²) < 4.78 is 13.0. The van der Waals surface area contributed by atoms with Crippen LogP contribution in [0.2, 0.25) is 0 Å². The number of methoxy groups -OCH3 is 1. The Bertz CT molecular complexity index is 1500. The van der Waals surface area contributed by atoms with E-state index < -0.39 is 17.1 Å². The number of hydrogen-bond donors (Lipinski definition) is 0. The molecule has 0 spiro atoms. The van der Waals surface area contributed by atoms with Gasteiger partial charge in [-0.2, -0.15) is 0 Å². The van der Waals surface area contributed by atoms with Gasteiger partial charge in [-0.25, -0.2) is 4.90 Å². The molecule has 2 aromatic carbocycles. The Morgan fingerprint density at radius 2 is 1.72 bits per heavy atom. The third-order valence-corrected chi connectivity index (χ3v) is 10.4. The van der Waals surface area contributed by atoms with Gasteiger partial charge in [0.2, 0.25) is 17.7 Å². The molecule has 0 aliphatic carbocycles. The molecule has 2 saturated heterocycles. The molecule has 202 valence electrons. The van der Waals surface area contributed by atoms with Gasteiger partial charge in [-0.1, -0.05) is 51.2 Å². The third kappa shape index (κ3) is 4.62. The minimum absolute atomic E-state index is 0.122. The molecule has 3 aliphatic rings. The lowest BCUT2D eigenvalue weighted by Gasteiger charge is -2.31. The van der Waals surface area contributed by atoms with Crippen molar-refractivity contribution in [3.05, 3.63) is 73.1 Å². The topological polar surface area (TPSA) is 98.2 Å². The van der Waals surface area contributed by atoms with Crippen molar-refractivity contribution in [3.63, 3.8) is 0 Å². The van der Waals surface area contributed by atoms with Gasteiger partial charge in [-0.05, 0) is 42.0 Å². The van der Waals surface area contributed by atoms with E-state index in [0.29, 0.717) is 47.6 Å². The molecule has 0 unspecified atom stereocenters. The van der Waals surface area contributed by atoms with Gasteiger partial charge in [-0.15, -0.1) is 0 Å². The van der Waals surface area contributed by atoms with E-state index in [2.05, 4.69) is 15.9 Å². The summed E-state index contributed by atoms with van der Waals surface area (Å²) in [7, 11) is 1.58. The summed E-state index contributed by atoms with van der Waals surface area (Å²) in [6, 6.07) is 14.4. The van der Waals surface area contributed by atoms with Crippen LogP contribution in [-0.2, 0) is 25.7 Å². The first kappa shape index (κ1) is 26.3. The van der Waals surface area contributed by atoms with Crippen LogP contribution >= 0.6 is 39.0 Å². The zero-order chi connectivity index (χ0) is 27.3. The first-order valence-electron chi connectivity index (χ1n) is 12.4. The van der Waals surface area contributed by atoms with Crippen molar-refractivity contribution < 1.29 is 23.9 Å². The number of aromatic nitrogens is 1. The molecular weight excluding hydrogens is 606 g/mol. The number of benzene rings is 2. The number of rotatable bonds is 5. The van der Waals surface area contributed by atoms with Gasteiger partial charge in [-0.3, -0.25) is 23.7 Å². The second kappa shape index (κ2) is 10.6. The quantitative estimate of drug-likeness (QED) is 0.399. The van der Waals surface area contributed by atoms with Crippen molar-refractivity contribution in [1.82, 2.24) is 9.47 Å². The van der Waals surface area contributed by atoms with Gasteiger partial charge in [0.15, 0.2) is 0 Å². The van der Waals surface area contributed by atoms with Crippen molar-refractivity contribution in [3.8, 4) is 5.75 Å². The van der Waals surface area contributed by atoms with Crippen molar-refractivity contribution in [1.29, 1.82) is 0 Å². The van der Waals surface area contributed by atoms with Crippen LogP contribution < -0.4 is 14.5 Å². The average Bonchev–Trinajstić information content (AvgIpc) is 3.40. The number of fused-ring (bicyclic) bond motifs is 2. The smallest absolute Gasteiger partial charge is 0.308 e. The highest BCUT2D eigenvalue weighted by Crippen LogP contribution is 2.54. The molecule has 3 atom stereocenters. The molecule has 0 radical (unpaired) electrons.